The molecular weight excluding hydrogens is 222 g/mol. The molecule has 0 aliphatic rings. The summed E-state index contributed by atoms with van der Waals surface area (Å²) in [4.78, 5) is 11.8. The molecular formula is C11H11N3OS. The lowest BCUT2D eigenvalue weighted by Gasteiger charge is -2.04. The Bertz CT molecular complexity index is 481. The fourth-order valence-electron chi connectivity index (χ4n) is 1.29. The molecule has 16 heavy (non-hydrogen) atoms. The fraction of sp³-hybridized carbons (Fsp3) is 0.0909. The molecule has 2 aromatic rings. The van der Waals surface area contributed by atoms with E-state index in [-0.39, 0.29) is 5.91 Å². The van der Waals surface area contributed by atoms with Gasteiger partial charge in [-0.15, -0.1) is 0 Å². The van der Waals surface area contributed by atoms with Crippen molar-refractivity contribution in [2.75, 3.05) is 17.7 Å². The molecule has 1 heterocycles. The average Bonchev–Trinajstić information content (AvgIpc) is 2.78. The van der Waals surface area contributed by atoms with Crippen LogP contribution in [0.1, 0.15) is 10.5 Å². The van der Waals surface area contributed by atoms with Crippen molar-refractivity contribution < 1.29 is 4.79 Å². The van der Waals surface area contributed by atoms with Crippen molar-refractivity contribution >= 4 is 28.8 Å². The van der Waals surface area contributed by atoms with E-state index in [4.69, 9.17) is 0 Å². The highest BCUT2D eigenvalue weighted by molar-refractivity contribution is 7.04. The fourth-order valence-corrected chi connectivity index (χ4v) is 1.96. The monoisotopic (exact) mass is 233 g/mol. The van der Waals surface area contributed by atoms with Gasteiger partial charge in [0.15, 0.2) is 5.69 Å². The van der Waals surface area contributed by atoms with Crippen molar-refractivity contribution in [1.82, 2.24) is 4.37 Å². The topological polar surface area (TPSA) is 54.0 Å². The summed E-state index contributed by atoms with van der Waals surface area (Å²) in [5.74, 6) is -0.197. The molecule has 2 rings (SSSR count). The summed E-state index contributed by atoms with van der Waals surface area (Å²) in [5, 5.41) is 7.52. The second kappa shape index (κ2) is 4.76. The molecule has 0 saturated heterocycles. The first-order valence-corrected chi connectivity index (χ1v) is 5.63. The van der Waals surface area contributed by atoms with Crippen molar-refractivity contribution in [3.8, 4) is 0 Å². The zero-order chi connectivity index (χ0) is 11.4. The maximum absolute atomic E-state index is 11.8. The van der Waals surface area contributed by atoms with Crippen molar-refractivity contribution in [3.63, 3.8) is 0 Å². The van der Waals surface area contributed by atoms with Crippen molar-refractivity contribution in [2.24, 2.45) is 0 Å². The number of aromatic nitrogens is 1. The lowest BCUT2D eigenvalue weighted by molar-refractivity contribution is 0.102. The maximum atomic E-state index is 11.8. The SMILES string of the molecule is CNc1csnc1C(=O)Nc1ccccc1. The molecule has 1 amide bonds. The number of rotatable bonds is 3. The van der Waals surface area contributed by atoms with Gasteiger partial charge in [0.2, 0.25) is 0 Å². The van der Waals surface area contributed by atoms with Crippen LogP contribution < -0.4 is 10.6 Å². The van der Waals surface area contributed by atoms with Gasteiger partial charge in [0.25, 0.3) is 5.91 Å². The van der Waals surface area contributed by atoms with E-state index in [2.05, 4.69) is 15.0 Å². The van der Waals surface area contributed by atoms with Crippen LogP contribution in [-0.2, 0) is 0 Å². The number of carbonyl (C=O) groups is 1. The number of anilines is 2. The van der Waals surface area contributed by atoms with Crippen molar-refractivity contribution in [2.45, 2.75) is 0 Å². The van der Waals surface area contributed by atoms with Gasteiger partial charge in [0.05, 0.1) is 5.69 Å². The molecule has 5 heteroatoms. The molecule has 0 bridgehead atoms. The van der Waals surface area contributed by atoms with Crippen molar-refractivity contribution in [3.05, 3.63) is 41.4 Å². The number of hydrogen-bond donors (Lipinski definition) is 2. The van der Waals surface area contributed by atoms with E-state index in [0.717, 1.165) is 11.4 Å². The van der Waals surface area contributed by atoms with E-state index in [0.29, 0.717) is 5.69 Å². The van der Waals surface area contributed by atoms with Crippen LogP contribution in [0.4, 0.5) is 11.4 Å². The lowest BCUT2D eigenvalue weighted by atomic mass is 10.3. The molecule has 0 aliphatic carbocycles. The number of nitrogens with zero attached hydrogens (tertiary/aromatic N) is 1. The van der Waals surface area contributed by atoms with E-state index in [9.17, 15) is 4.79 Å². The highest BCUT2D eigenvalue weighted by Gasteiger charge is 2.13. The van der Waals surface area contributed by atoms with Gasteiger partial charge in [0.1, 0.15) is 0 Å². The van der Waals surface area contributed by atoms with Gasteiger partial charge >= 0.3 is 0 Å². The van der Waals surface area contributed by atoms with Crippen LogP contribution in [0, 0.1) is 0 Å². The molecule has 1 aromatic carbocycles. The molecule has 0 radical (unpaired) electrons. The first kappa shape index (κ1) is 10.6. The smallest absolute Gasteiger partial charge is 0.277 e. The second-order valence-corrected chi connectivity index (χ2v) is 3.78. The van der Waals surface area contributed by atoms with Crippen LogP contribution >= 0.6 is 11.5 Å². The molecule has 2 N–H and O–H groups in total. The number of hydrogen-bond acceptors (Lipinski definition) is 4. The van der Waals surface area contributed by atoms with E-state index in [1.807, 2.05) is 30.3 Å². The standard InChI is InChI=1S/C11H11N3OS/c1-12-9-7-16-14-10(9)11(15)13-8-5-3-2-4-6-8/h2-7,12H,1H3,(H,13,15). The number of carbonyl (C=O) groups excluding carboxylic acids is 1. The van der Waals surface area contributed by atoms with Gasteiger partial charge < -0.3 is 10.6 Å². The Morgan fingerprint density at radius 3 is 2.75 bits per heavy atom. The Morgan fingerprint density at radius 1 is 1.31 bits per heavy atom. The van der Waals surface area contributed by atoms with E-state index >= 15 is 0 Å². The lowest BCUT2D eigenvalue weighted by Crippen LogP contribution is -2.13. The molecule has 0 aliphatic heterocycles. The molecule has 1 aromatic heterocycles. The van der Waals surface area contributed by atoms with Gasteiger partial charge in [-0.25, -0.2) is 0 Å². The van der Waals surface area contributed by atoms with Gasteiger partial charge in [-0.05, 0) is 23.7 Å². The van der Waals surface area contributed by atoms with E-state index in [1.165, 1.54) is 11.5 Å². The number of amides is 1. The highest BCUT2D eigenvalue weighted by atomic mass is 32.1. The Kier molecular flexibility index (Phi) is 3.16. The van der Waals surface area contributed by atoms with Crippen molar-refractivity contribution in [1.29, 1.82) is 0 Å². The Balaban J connectivity index is 2.15. The number of nitrogens with one attached hydrogen (secondary N) is 2. The number of benzene rings is 1. The highest BCUT2D eigenvalue weighted by Crippen LogP contribution is 2.17. The van der Waals surface area contributed by atoms with Crippen LogP contribution in [0.3, 0.4) is 0 Å². The summed E-state index contributed by atoms with van der Waals surface area (Å²) in [6.07, 6.45) is 0. The molecule has 4 nitrogen and oxygen atoms in total. The van der Waals surface area contributed by atoms with Gasteiger partial charge in [0, 0.05) is 18.1 Å². The molecule has 0 saturated carbocycles. The summed E-state index contributed by atoms with van der Waals surface area (Å²) in [6, 6.07) is 9.31. The van der Waals surface area contributed by atoms with Crippen LogP contribution in [0.25, 0.3) is 0 Å². The number of para-hydroxylation sites is 1. The normalized spacial score (nSPS) is 9.81. The van der Waals surface area contributed by atoms with Crippen LogP contribution in [0.15, 0.2) is 35.7 Å². The zero-order valence-corrected chi connectivity index (χ0v) is 9.54. The average molecular weight is 233 g/mol. The summed E-state index contributed by atoms with van der Waals surface area (Å²) in [6.45, 7) is 0. The van der Waals surface area contributed by atoms with Gasteiger partial charge in [-0.3, -0.25) is 4.79 Å². The van der Waals surface area contributed by atoms with E-state index in [1.54, 1.807) is 12.4 Å². The van der Waals surface area contributed by atoms with E-state index < -0.39 is 0 Å². The molecule has 0 atom stereocenters. The first-order chi connectivity index (χ1) is 7.81. The zero-order valence-electron chi connectivity index (χ0n) is 8.73. The third-order valence-electron chi connectivity index (χ3n) is 2.09. The predicted molar refractivity (Wildman–Crippen MR) is 66.1 cm³/mol. The molecule has 0 fully saturated rings. The molecule has 0 unspecified atom stereocenters. The molecule has 0 spiro atoms. The first-order valence-electron chi connectivity index (χ1n) is 4.80. The Morgan fingerprint density at radius 2 is 2.06 bits per heavy atom. The largest absolute Gasteiger partial charge is 0.385 e. The Labute approximate surface area is 97.5 Å². The Hall–Kier alpha value is -1.88. The summed E-state index contributed by atoms with van der Waals surface area (Å²) in [7, 11) is 1.77. The minimum absolute atomic E-state index is 0.197. The summed E-state index contributed by atoms with van der Waals surface area (Å²) in [5.41, 5.74) is 1.94. The van der Waals surface area contributed by atoms with Crippen LogP contribution in [0.5, 0.6) is 0 Å². The third-order valence-corrected chi connectivity index (χ3v) is 2.71. The summed E-state index contributed by atoms with van der Waals surface area (Å²) < 4.78 is 4.05. The van der Waals surface area contributed by atoms with Gasteiger partial charge in [-0.2, -0.15) is 4.37 Å². The molecule has 82 valence electrons. The van der Waals surface area contributed by atoms with Gasteiger partial charge in [-0.1, -0.05) is 18.2 Å². The predicted octanol–water partition coefficient (Wildman–Crippen LogP) is 2.44. The summed E-state index contributed by atoms with van der Waals surface area (Å²) >= 11 is 1.26. The third kappa shape index (κ3) is 2.20. The van der Waals surface area contributed by atoms with Crippen LogP contribution in [0.2, 0.25) is 0 Å². The quantitative estimate of drug-likeness (QED) is 0.856. The minimum atomic E-state index is -0.197. The maximum Gasteiger partial charge on any atom is 0.277 e. The second-order valence-electron chi connectivity index (χ2n) is 3.15. The van der Waals surface area contributed by atoms with Crippen LogP contribution in [-0.4, -0.2) is 17.3 Å². The minimum Gasteiger partial charge on any atom is -0.385 e.